The van der Waals surface area contributed by atoms with E-state index >= 15 is 0 Å². The molecule has 2 atom stereocenters. The van der Waals surface area contributed by atoms with E-state index in [1.54, 1.807) is 18.3 Å². The fourth-order valence-electron chi connectivity index (χ4n) is 3.65. The molecule has 124 valence electrons. The summed E-state index contributed by atoms with van der Waals surface area (Å²) >= 11 is 0. The van der Waals surface area contributed by atoms with Crippen LogP contribution in [0.1, 0.15) is 42.2 Å². The zero-order valence-electron chi connectivity index (χ0n) is 14.0. The first-order valence-electron chi connectivity index (χ1n) is 8.65. The van der Waals surface area contributed by atoms with E-state index in [9.17, 15) is 9.18 Å². The summed E-state index contributed by atoms with van der Waals surface area (Å²) in [6, 6.07) is 10.5. The summed E-state index contributed by atoms with van der Waals surface area (Å²) in [5.41, 5.74) is 2.11. The molecule has 0 bridgehead atoms. The minimum atomic E-state index is -0.253. The number of piperidine rings is 1. The van der Waals surface area contributed by atoms with Gasteiger partial charge in [0.25, 0.3) is 0 Å². The number of hydrogen-bond acceptors (Lipinski definition) is 2. The maximum absolute atomic E-state index is 13.4. The van der Waals surface area contributed by atoms with Gasteiger partial charge in [-0.3, -0.25) is 9.78 Å². The zero-order valence-corrected chi connectivity index (χ0v) is 14.0. The van der Waals surface area contributed by atoms with E-state index in [4.69, 9.17) is 0 Å². The summed E-state index contributed by atoms with van der Waals surface area (Å²) in [6.45, 7) is 2.89. The molecule has 1 aliphatic heterocycles. The standard InChI is InChI=1S/C19H22BFN2O/c1-20-18(15-5-4-11-22-13-15)19(14-7-9-16(21)10-8-14)23-12-3-2-6-17(23)24/h4-5,7-11,13,18-20H,2-3,6,12H2,1H3/t18?,19-/m0/s1. The van der Waals surface area contributed by atoms with Crippen LogP contribution in [0.2, 0.25) is 6.82 Å². The van der Waals surface area contributed by atoms with Gasteiger partial charge in [-0.15, -0.1) is 0 Å². The van der Waals surface area contributed by atoms with Crippen molar-refractivity contribution in [2.45, 2.75) is 37.9 Å². The molecule has 0 saturated carbocycles. The fraction of sp³-hybridized carbons (Fsp3) is 0.368. The van der Waals surface area contributed by atoms with E-state index in [1.807, 2.05) is 17.2 Å². The van der Waals surface area contributed by atoms with E-state index in [-0.39, 0.29) is 23.6 Å². The highest BCUT2D eigenvalue weighted by Gasteiger charge is 2.33. The zero-order chi connectivity index (χ0) is 16.9. The molecule has 2 heterocycles. The van der Waals surface area contributed by atoms with Gasteiger partial charge >= 0.3 is 0 Å². The monoisotopic (exact) mass is 324 g/mol. The molecule has 1 unspecified atom stereocenters. The Morgan fingerprint density at radius 3 is 2.58 bits per heavy atom. The Bertz CT molecular complexity index is 678. The lowest BCUT2D eigenvalue weighted by Gasteiger charge is -2.39. The molecular formula is C19H22BFN2O. The van der Waals surface area contributed by atoms with Crippen molar-refractivity contribution in [3.05, 3.63) is 65.7 Å². The van der Waals surface area contributed by atoms with Crippen LogP contribution in [-0.4, -0.2) is 29.6 Å². The molecule has 0 N–H and O–H groups in total. The number of aromatic nitrogens is 1. The number of carbonyl (C=O) groups is 1. The predicted molar refractivity (Wildman–Crippen MR) is 94.7 cm³/mol. The van der Waals surface area contributed by atoms with E-state index < -0.39 is 0 Å². The second kappa shape index (κ2) is 7.60. The predicted octanol–water partition coefficient (Wildman–Crippen LogP) is 3.50. The molecule has 1 aromatic carbocycles. The Labute approximate surface area is 143 Å². The van der Waals surface area contributed by atoms with E-state index in [0.717, 1.165) is 37.8 Å². The topological polar surface area (TPSA) is 33.2 Å². The summed E-state index contributed by atoms with van der Waals surface area (Å²) in [6.07, 6.45) is 6.21. The number of hydrogen-bond donors (Lipinski definition) is 0. The second-order valence-corrected chi connectivity index (χ2v) is 6.34. The van der Waals surface area contributed by atoms with Gasteiger partial charge in [0.1, 0.15) is 13.1 Å². The second-order valence-electron chi connectivity index (χ2n) is 6.34. The largest absolute Gasteiger partial charge is 0.336 e. The Morgan fingerprint density at radius 1 is 1.17 bits per heavy atom. The van der Waals surface area contributed by atoms with Gasteiger partial charge in [-0.05, 0) is 48.0 Å². The number of amides is 1. The number of carbonyl (C=O) groups excluding carboxylic acids is 1. The van der Waals surface area contributed by atoms with Gasteiger partial charge in [0.15, 0.2) is 0 Å². The molecule has 0 spiro atoms. The van der Waals surface area contributed by atoms with Gasteiger partial charge in [0.05, 0.1) is 6.04 Å². The molecular weight excluding hydrogens is 302 g/mol. The molecule has 5 heteroatoms. The quantitative estimate of drug-likeness (QED) is 0.789. The minimum Gasteiger partial charge on any atom is -0.336 e. The van der Waals surface area contributed by atoms with Gasteiger partial charge in [0, 0.05) is 25.4 Å². The van der Waals surface area contributed by atoms with Gasteiger partial charge in [-0.1, -0.05) is 25.0 Å². The maximum Gasteiger partial charge on any atom is 0.223 e. The van der Waals surface area contributed by atoms with Crippen molar-refractivity contribution < 1.29 is 9.18 Å². The smallest absolute Gasteiger partial charge is 0.223 e. The molecule has 0 aliphatic carbocycles. The number of pyridine rings is 1. The highest BCUT2D eigenvalue weighted by Crippen LogP contribution is 2.37. The van der Waals surface area contributed by atoms with Crippen LogP contribution >= 0.6 is 0 Å². The van der Waals surface area contributed by atoms with Gasteiger partial charge in [-0.2, -0.15) is 0 Å². The lowest BCUT2D eigenvalue weighted by molar-refractivity contribution is -0.136. The SMILES string of the molecule is CBC(c1cccnc1)[C@H](c1ccc(F)cc1)N1CCCCC1=O. The molecule has 2 aromatic rings. The average molecular weight is 324 g/mol. The first-order valence-corrected chi connectivity index (χ1v) is 8.65. The van der Waals surface area contributed by atoms with E-state index in [0.29, 0.717) is 6.42 Å². The Kier molecular flexibility index (Phi) is 5.29. The lowest BCUT2D eigenvalue weighted by Crippen LogP contribution is -2.42. The first-order chi connectivity index (χ1) is 11.7. The highest BCUT2D eigenvalue weighted by atomic mass is 19.1. The van der Waals surface area contributed by atoms with Crippen molar-refractivity contribution in [1.82, 2.24) is 9.88 Å². The summed E-state index contributed by atoms with van der Waals surface area (Å²) in [4.78, 5) is 18.8. The number of rotatable bonds is 5. The summed E-state index contributed by atoms with van der Waals surface area (Å²) in [7, 11) is 0.886. The van der Waals surface area contributed by atoms with Crippen LogP contribution in [0.5, 0.6) is 0 Å². The molecule has 1 amide bonds. The normalized spacial score (nSPS) is 17.4. The first kappa shape index (κ1) is 16.7. The third kappa shape index (κ3) is 3.50. The fourth-order valence-corrected chi connectivity index (χ4v) is 3.65. The van der Waals surface area contributed by atoms with Gasteiger partial charge in [-0.25, -0.2) is 4.39 Å². The van der Waals surface area contributed by atoms with Crippen LogP contribution < -0.4 is 0 Å². The summed E-state index contributed by atoms with van der Waals surface area (Å²) < 4.78 is 13.4. The number of benzene rings is 1. The molecule has 24 heavy (non-hydrogen) atoms. The van der Waals surface area contributed by atoms with Crippen molar-refractivity contribution in [2.75, 3.05) is 6.54 Å². The van der Waals surface area contributed by atoms with E-state index in [1.165, 1.54) is 12.1 Å². The van der Waals surface area contributed by atoms with Crippen LogP contribution in [0, 0.1) is 5.82 Å². The van der Waals surface area contributed by atoms with Crippen molar-refractivity contribution >= 4 is 13.2 Å². The van der Waals surface area contributed by atoms with Crippen LogP contribution in [-0.2, 0) is 4.79 Å². The van der Waals surface area contributed by atoms with Crippen molar-refractivity contribution in [3.63, 3.8) is 0 Å². The number of nitrogens with zero attached hydrogens (tertiary/aromatic N) is 2. The van der Waals surface area contributed by atoms with Crippen LogP contribution in [0.25, 0.3) is 0 Å². The summed E-state index contributed by atoms with van der Waals surface area (Å²) in [5, 5.41) is 0. The maximum atomic E-state index is 13.4. The average Bonchev–Trinajstić information content (AvgIpc) is 2.62. The van der Waals surface area contributed by atoms with Crippen LogP contribution in [0.3, 0.4) is 0 Å². The van der Waals surface area contributed by atoms with Crippen molar-refractivity contribution in [2.24, 2.45) is 0 Å². The van der Waals surface area contributed by atoms with Crippen LogP contribution in [0.4, 0.5) is 4.39 Å². The Balaban J connectivity index is 2.03. The molecule has 1 aromatic heterocycles. The van der Waals surface area contributed by atoms with Crippen molar-refractivity contribution in [1.29, 1.82) is 0 Å². The lowest BCUT2D eigenvalue weighted by atomic mass is 9.59. The third-order valence-electron chi connectivity index (χ3n) is 4.84. The molecule has 1 saturated heterocycles. The Hall–Kier alpha value is -2.17. The van der Waals surface area contributed by atoms with Crippen molar-refractivity contribution in [3.8, 4) is 0 Å². The Morgan fingerprint density at radius 2 is 1.96 bits per heavy atom. The number of halogens is 1. The minimum absolute atomic E-state index is 0.0763. The van der Waals surface area contributed by atoms with Gasteiger partial charge < -0.3 is 4.90 Å². The third-order valence-corrected chi connectivity index (χ3v) is 4.84. The van der Waals surface area contributed by atoms with Crippen LogP contribution in [0.15, 0.2) is 48.8 Å². The van der Waals surface area contributed by atoms with Gasteiger partial charge in [0.2, 0.25) is 5.91 Å². The molecule has 0 radical (unpaired) electrons. The number of likely N-dealkylation sites (tertiary alicyclic amines) is 1. The molecule has 1 aliphatic rings. The van der Waals surface area contributed by atoms with E-state index in [2.05, 4.69) is 17.9 Å². The molecule has 3 rings (SSSR count). The highest BCUT2D eigenvalue weighted by molar-refractivity contribution is 6.36. The molecule has 1 fully saturated rings. The molecule has 3 nitrogen and oxygen atoms in total. The summed E-state index contributed by atoms with van der Waals surface area (Å²) in [5.74, 6) is 0.0843.